The highest BCUT2D eigenvalue weighted by Crippen LogP contribution is 2.71. The maximum absolute atomic E-state index is 12.9. The third-order valence-corrected chi connectivity index (χ3v) is 21.1. The molecule has 0 amide bonds. The van der Waals surface area contributed by atoms with Gasteiger partial charge in [-0.2, -0.15) is 0 Å². The van der Waals surface area contributed by atoms with Gasteiger partial charge in [-0.25, -0.2) is 0 Å². The molecular weight excluding hydrogens is 825 g/mol. The Kier molecular flexibility index (Phi) is 9.50. The molecule has 7 nitrogen and oxygen atoms in total. The minimum atomic E-state index is -0.203. The molecule has 10 aliphatic rings. The highest BCUT2D eigenvalue weighted by atomic mass is 16.6. The van der Waals surface area contributed by atoms with Crippen LogP contribution in [0.4, 0.5) is 0 Å². The van der Waals surface area contributed by atoms with Gasteiger partial charge in [0, 0.05) is 54.4 Å². The zero-order valence-corrected chi connectivity index (χ0v) is 41.0. The highest BCUT2D eigenvalue weighted by Gasteiger charge is 2.68. The molecule has 12 atom stereocenters. The predicted molar refractivity (Wildman–Crippen MR) is 268 cm³/mol. The summed E-state index contributed by atoms with van der Waals surface area (Å²) in [6.07, 6.45) is 36.4. The van der Waals surface area contributed by atoms with E-state index in [-0.39, 0.29) is 43.9 Å². The van der Waals surface area contributed by atoms with Gasteiger partial charge in [0.05, 0.1) is 42.5 Å². The number of ether oxygens (including phenoxy) is 2. The first-order valence-electron chi connectivity index (χ1n) is 26.3. The maximum atomic E-state index is 12.9. The molecule has 0 N–H and O–H groups in total. The summed E-state index contributed by atoms with van der Waals surface area (Å²) in [7, 11) is 8.11. The van der Waals surface area contributed by atoms with Gasteiger partial charge in [-0.15, -0.1) is 0 Å². The van der Waals surface area contributed by atoms with E-state index in [0.29, 0.717) is 29.7 Å². The first-order valence-corrected chi connectivity index (χ1v) is 26.3. The van der Waals surface area contributed by atoms with Crippen LogP contribution in [0.1, 0.15) is 140 Å². The molecule has 4 aliphatic heterocycles. The van der Waals surface area contributed by atoms with E-state index in [0.717, 1.165) is 38.5 Å². The molecule has 2 unspecified atom stereocenters. The van der Waals surface area contributed by atoms with Gasteiger partial charge in [-0.1, -0.05) is 62.4 Å². The number of fused-ring (bicyclic) bond motifs is 4. The van der Waals surface area contributed by atoms with Crippen molar-refractivity contribution in [1.82, 2.24) is 14.9 Å². The largest absolute Gasteiger partial charge is 0.633 e. The van der Waals surface area contributed by atoms with E-state index in [9.17, 15) is 5.21 Å². The van der Waals surface area contributed by atoms with Crippen LogP contribution in [0.25, 0.3) is 21.5 Å². The lowest BCUT2D eigenvalue weighted by atomic mass is 9.58. The minimum Gasteiger partial charge on any atom is -0.633 e. The SMILES string of the molecule is CN(C)[C@@H]1CCC2=CC3=CC[C@]4(C)[C@@H](c5ccc6ccncc6c5)CC[C@H]4[C@@]34CCC2(C1)O4.C[C@]12CC=C3C=C4CC[C@@H]([N+](C)(C)[O-])CC45CC[C@]3(O5)[C@@H]1CC[C@@H]2c1ccc2ccncc2c1. The number of quaternary nitrogens is 1. The minimum absolute atomic E-state index is 0.00448. The average molecular weight is 897 g/mol. The first kappa shape index (κ1) is 43.1. The van der Waals surface area contributed by atoms with Gasteiger partial charge in [-0.05, 0) is 207 Å². The smallest absolute Gasteiger partial charge is 0.0975 e. The van der Waals surface area contributed by atoms with Gasteiger partial charge in [0.1, 0.15) is 0 Å². The van der Waals surface area contributed by atoms with Crippen LogP contribution in [0.3, 0.4) is 0 Å². The quantitative estimate of drug-likeness (QED) is 0.150. The van der Waals surface area contributed by atoms with Gasteiger partial charge in [0.15, 0.2) is 0 Å². The lowest BCUT2D eigenvalue weighted by molar-refractivity contribution is -0.869. The number of allylic oxidation sites excluding steroid dienone is 2. The third-order valence-electron chi connectivity index (χ3n) is 21.1. The molecule has 6 aliphatic carbocycles. The number of aromatic nitrogens is 2. The molecule has 6 heterocycles. The van der Waals surface area contributed by atoms with Gasteiger partial charge < -0.3 is 24.2 Å². The normalized spacial score (nSPS) is 41.1. The van der Waals surface area contributed by atoms with Crippen molar-refractivity contribution in [2.45, 2.75) is 163 Å². The van der Waals surface area contributed by atoms with Crippen molar-refractivity contribution < 1.29 is 14.1 Å². The summed E-state index contributed by atoms with van der Waals surface area (Å²) >= 11 is 0. The molecule has 14 rings (SSSR count). The van der Waals surface area contributed by atoms with Crippen molar-refractivity contribution in [3.8, 4) is 0 Å². The second kappa shape index (κ2) is 14.8. The molecule has 67 heavy (non-hydrogen) atoms. The Balaban J connectivity index is 0.000000133. The van der Waals surface area contributed by atoms with Crippen LogP contribution in [-0.2, 0) is 9.47 Å². The number of nitrogens with zero attached hydrogens (tertiary/aromatic N) is 4. The Hall–Kier alpha value is -3.98. The molecule has 2 aromatic carbocycles. The molecule has 0 radical (unpaired) electrons. The number of pyridine rings is 2. The average Bonchev–Trinajstić information content (AvgIpc) is 4.05. The fraction of sp³-hybridized carbons (Fsp3) is 0.567. The summed E-state index contributed by atoms with van der Waals surface area (Å²) in [5.41, 5.74) is 9.03. The fourth-order valence-electron chi connectivity index (χ4n) is 17.5. The number of benzene rings is 2. The summed E-state index contributed by atoms with van der Waals surface area (Å²) < 4.78 is 14.6. The van der Waals surface area contributed by atoms with E-state index in [2.05, 4.69) is 116 Å². The maximum Gasteiger partial charge on any atom is 0.0975 e. The summed E-state index contributed by atoms with van der Waals surface area (Å²) in [6.45, 7) is 5.10. The van der Waals surface area contributed by atoms with E-state index in [1.54, 1.807) is 5.57 Å². The van der Waals surface area contributed by atoms with E-state index in [4.69, 9.17) is 9.47 Å². The zero-order chi connectivity index (χ0) is 45.8. The van der Waals surface area contributed by atoms with Gasteiger partial charge in [0.2, 0.25) is 0 Å². The van der Waals surface area contributed by atoms with Crippen LogP contribution in [0.5, 0.6) is 0 Å². The van der Waals surface area contributed by atoms with Crippen molar-refractivity contribution in [3.05, 3.63) is 136 Å². The fourth-order valence-corrected chi connectivity index (χ4v) is 17.5. The Bertz CT molecular complexity index is 2820. The second-order valence-corrected chi connectivity index (χ2v) is 24.6. The van der Waals surface area contributed by atoms with Crippen molar-refractivity contribution in [2.24, 2.45) is 22.7 Å². The molecule has 2 aromatic heterocycles. The lowest BCUT2D eigenvalue weighted by Gasteiger charge is -2.55. The Labute approximate surface area is 399 Å². The van der Waals surface area contributed by atoms with Gasteiger partial charge >= 0.3 is 0 Å². The van der Waals surface area contributed by atoms with Crippen LogP contribution >= 0.6 is 0 Å². The summed E-state index contributed by atoms with van der Waals surface area (Å²) in [4.78, 5) is 11.2. The van der Waals surface area contributed by atoms with Crippen molar-refractivity contribution in [3.63, 3.8) is 0 Å². The van der Waals surface area contributed by atoms with Crippen molar-refractivity contribution in [1.29, 1.82) is 0 Å². The summed E-state index contributed by atoms with van der Waals surface area (Å²) in [5, 5.41) is 17.9. The molecule has 6 fully saturated rings. The van der Waals surface area contributed by atoms with Crippen LogP contribution in [0.2, 0.25) is 0 Å². The van der Waals surface area contributed by atoms with Crippen molar-refractivity contribution >= 4 is 21.5 Å². The van der Waals surface area contributed by atoms with Crippen LogP contribution < -0.4 is 0 Å². The Morgan fingerprint density at radius 1 is 0.612 bits per heavy atom. The summed E-state index contributed by atoms with van der Waals surface area (Å²) in [6, 6.07) is 19.1. The first-order chi connectivity index (χ1) is 32.2. The summed E-state index contributed by atoms with van der Waals surface area (Å²) in [5.74, 6) is 2.26. The number of hydrogen-bond acceptors (Lipinski definition) is 6. The van der Waals surface area contributed by atoms with E-state index >= 15 is 0 Å². The van der Waals surface area contributed by atoms with Gasteiger partial charge in [-0.3, -0.25) is 9.97 Å². The molecule has 7 heteroatoms. The van der Waals surface area contributed by atoms with E-state index in [1.165, 1.54) is 114 Å². The molecule has 4 spiro atoms. The van der Waals surface area contributed by atoms with Crippen LogP contribution in [0, 0.1) is 27.9 Å². The molecule has 350 valence electrons. The van der Waals surface area contributed by atoms with Crippen LogP contribution in [0.15, 0.2) is 120 Å². The topological polar surface area (TPSA) is 70.5 Å². The molecule has 4 aromatic rings. The standard InChI is InChI=1S/C30H36N2O2.C30H36N2O/c1-28-12-10-24-17-23-6-7-25(32(2,3)33)18-29(23)13-14-30(24,34-29)27(28)9-8-26(28)21-5-4-20-11-15-31-19-22(20)16-21;1-28-12-10-24-17-23-6-7-25(32(2)3)18-29(23)13-14-30(24,33-29)27(28)9-8-26(28)21-5-4-20-11-15-31-19-22(20)16-21/h4-5,10-11,15-17,19,25-27H,6-9,12-14,18H2,1-3H3;4-5,10-11,15-17,19,25-27H,6-9,12-14,18H2,1-3H3/t2*25-,26-,27-,28-,29?,30-/m11/s1. The number of hydroxylamine groups is 3. The molecule has 2 saturated heterocycles. The molecule has 4 saturated carbocycles. The van der Waals surface area contributed by atoms with Crippen LogP contribution in [-0.4, -0.2) is 82.2 Å². The molecular formula is C60H72N4O3. The highest BCUT2D eigenvalue weighted by molar-refractivity contribution is 5.83. The lowest BCUT2D eigenvalue weighted by Crippen LogP contribution is -2.56. The Morgan fingerprint density at radius 2 is 1.12 bits per heavy atom. The van der Waals surface area contributed by atoms with Gasteiger partial charge in [0.25, 0.3) is 0 Å². The zero-order valence-electron chi connectivity index (χ0n) is 41.0. The van der Waals surface area contributed by atoms with E-state index in [1.807, 2.05) is 38.9 Å². The van der Waals surface area contributed by atoms with E-state index < -0.39 is 0 Å². The molecule has 4 bridgehead atoms. The second-order valence-electron chi connectivity index (χ2n) is 24.6. The predicted octanol–water partition coefficient (Wildman–Crippen LogP) is 12.8. The number of hydrogen-bond donors (Lipinski definition) is 0. The number of rotatable bonds is 4. The monoisotopic (exact) mass is 897 g/mol. The van der Waals surface area contributed by atoms with Crippen molar-refractivity contribution in [2.75, 3.05) is 28.2 Å². The third kappa shape index (κ3) is 6.19. The Morgan fingerprint density at radius 3 is 1.63 bits per heavy atom.